The van der Waals surface area contributed by atoms with Crippen molar-refractivity contribution in [2.45, 2.75) is 64.7 Å². The molecule has 0 unspecified atom stereocenters. The van der Waals surface area contributed by atoms with Crippen molar-refractivity contribution < 1.29 is 8.42 Å². The van der Waals surface area contributed by atoms with Gasteiger partial charge in [0.25, 0.3) is 0 Å². The summed E-state index contributed by atoms with van der Waals surface area (Å²) in [5.74, 6) is 0.845. The molecule has 1 aromatic rings. The molecule has 0 amide bonds. The van der Waals surface area contributed by atoms with Crippen molar-refractivity contribution in [3.63, 3.8) is 0 Å². The Balaban J connectivity index is 1.87. The van der Waals surface area contributed by atoms with E-state index in [-0.39, 0.29) is 5.75 Å². The molecule has 1 aliphatic rings. The average Bonchev–Trinajstić information content (AvgIpc) is 2.52. The van der Waals surface area contributed by atoms with Crippen molar-refractivity contribution in [1.82, 2.24) is 0 Å². The molecule has 0 aromatic heterocycles. The summed E-state index contributed by atoms with van der Waals surface area (Å²) in [4.78, 5) is 0. The number of hydrogen-bond acceptors (Lipinski definition) is 2. The van der Waals surface area contributed by atoms with Crippen LogP contribution in [0.3, 0.4) is 0 Å². The van der Waals surface area contributed by atoms with Crippen LogP contribution in [-0.4, -0.2) is 14.2 Å². The predicted octanol–water partition coefficient (Wildman–Crippen LogP) is 4.74. The van der Waals surface area contributed by atoms with E-state index in [0.717, 1.165) is 25.7 Å². The van der Waals surface area contributed by atoms with E-state index in [1.165, 1.54) is 37.7 Å². The Hall–Kier alpha value is -1.03. The molecule has 22 heavy (non-hydrogen) atoms. The molecule has 0 bridgehead atoms. The van der Waals surface area contributed by atoms with E-state index >= 15 is 0 Å². The third-order valence-corrected chi connectivity index (χ3v) is 5.86. The van der Waals surface area contributed by atoms with Crippen LogP contribution in [0.4, 0.5) is 5.69 Å². The maximum atomic E-state index is 12.3. The standard InChI is InChI=1S/C18H29NO2S/c1-2-3-8-17-11-7-12-18(15-17)19-22(20,21)14-13-16-9-5-4-6-10-16/h7,11-12,15-16,19H,2-6,8-10,13-14H2,1H3. The van der Waals surface area contributed by atoms with Crippen LogP contribution in [0.1, 0.15) is 63.9 Å². The van der Waals surface area contributed by atoms with Crippen LogP contribution >= 0.6 is 0 Å². The summed E-state index contributed by atoms with van der Waals surface area (Å²) < 4.78 is 27.3. The molecule has 4 heteroatoms. The Bertz CT molecular complexity index is 548. The normalized spacial score (nSPS) is 16.6. The lowest BCUT2D eigenvalue weighted by Crippen LogP contribution is -2.20. The molecule has 1 fully saturated rings. The highest BCUT2D eigenvalue weighted by Gasteiger charge is 2.18. The zero-order valence-electron chi connectivity index (χ0n) is 13.7. The topological polar surface area (TPSA) is 46.2 Å². The molecule has 0 aliphatic heterocycles. The molecule has 1 aliphatic carbocycles. The van der Waals surface area contributed by atoms with Gasteiger partial charge in [-0.2, -0.15) is 0 Å². The maximum absolute atomic E-state index is 12.3. The minimum absolute atomic E-state index is 0.247. The van der Waals surface area contributed by atoms with Crippen LogP contribution < -0.4 is 4.72 Å². The van der Waals surface area contributed by atoms with Crippen molar-refractivity contribution >= 4 is 15.7 Å². The number of hydrogen-bond donors (Lipinski definition) is 1. The lowest BCUT2D eigenvalue weighted by molar-refractivity contribution is 0.350. The average molecular weight is 324 g/mol. The number of nitrogens with one attached hydrogen (secondary N) is 1. The summed E-state index contributed by atoms with van der Waals surface area (Å²) in [5.41, 5.74) is 1.91. The number of aryl methyl sites for hydroxylation is 1. The Morgan fingerprint density at radius 3 is 2.68 bits per heavy atom. The fourth-order valence-corrected chi connectivity index (χ4v) is 4.43. The number of unbranched alkanes of at least 4 members (excludes halogenated alkanes) is 1. The van der Waals surface area contributed by atoms with Crippen LogP contribution in [0.25, 0.3) is 0 Å². The second-order valence-electron chi connectivity index (χ2n) is 6.52. The number of benzene rings is 1. The second-order valence-corrected chi connectivity index (χ2v) is 8.36. The third-order valence-electron chi connectivity index (χ3n) is 4.54. The van der Waals surface area contributed by atoms with E-state index in [9.17, 15) is 8.42 Å². The van der Waals surface area contributed by atoms with E-state index in [2.05, 4.69) is 17.7 Å². The molecular weight excluding hydrogens is 294 g/mol. The lowest BCUT2D eigenvalue weighted by atomic mass is 9.88. The molecule has 0 saturated heterocycles. The van der Waals surface area contributed by atoms with Crippen molar-refractivity contribution in [2.24, 2.45) is 5.92 Å². The second kappa shape index (κ2) is 8.56. The molecule has 1 saturated carbocycles. The molecule has 0 spiro atoms. The van der Waals surface area contributed by atoms with Gasteiger partial charge in [0, 0.05) is 5.69 Å². The van der Waals surface area contributed by atoms with Gasteiger partial charge in [0.1, 0.15) is 0 Å². The SMILES string of the molecule is CCCCc1cccc(NS(=O)(=O)CCC2CCCCC2)c1. The van der Waals surface area contributed by atoms with Crippen LogP contribution in [-0.2, 0) is 16.4 Å². The van der Waals surface area contributed by atoms with E-state index in [1.54, 1.807) is 0 Å². The van der Waals surface area contributed by atoms with Gasteiger partial charge in [-0.25, -0.2) is 8.42 Å². The van der Waals surface area contributed by atoms with Gasteiger partial charge in [-0.05, 0) is 42.9 Å². The van der Waals surface area contributed by atoms with Crippen LogP contribution in [0.2, 0.25) is 0 Å². The quantitative estimate of drug-likeness (QED) is 0.751. The molecule has 124 valence electrons. The zero-order valence-corrected chi connectivity index (χ0v) is 14.5. The van der Waals surface area contributed by atoms with Crippen LogP contribution in [0.5, 0.6) is 0 Å². The van der Waals surface area contributed by atoms with Crippen molar-refractivity contribution in [2.75, 3.05) is 10.5 Å². The Kier molecular flexibility index (Phi) is 6.74. The van der Waals surface area contributed by atoms with Gasteiger partial charge in [-0.15, -0.1) is 0 Å². The van der Waals surface area contributed by atoms with E-state index < -0.39 is 10.0 Å². The molecule has 0 atom stereocenters. The predicted molar refractivity (Wildman–Crippen MR) is 93.7 cm³/mol. The number of sulfonamides is 1. The lowest BCUT2D eigenvalue weighted by Gasteiger charge is -2.21. The van der Waals surface area contributed by atoms with Crippen LogP contribution in [0.15, 0.2) is 24.3 Å². The molecule has 1 N–H and O–H groups in total. The minimum Gasteiger partial charge on any atom is -0.284 e. The number of anilines is 1. The van der Waals surface area contributed by atoms with Crippen molar-refractivity contribution in [1.29, 1.82) is 0 Å². The largest absolute Gasteiger partial charge is 0.284 e. The molecule has 1 aromatic carbocycles. The fraction of sp³-hybridized carbons (Fsp3) is 0.667. The summed E-state index contributed by atoms with van der Waals surface area (Å²) >= 11 is 0. The summed E-state index contributed by atoms with van der Waals surface area (Å²) in [5, 5.41) is 0. The molecular formula is C18H29NO2S. The van der Waals surface area contributed by atoms with E-state index in [4.69, 9.17) is 0 Å². The maximum Gasteiger partial charge on any atom is 0.232 e. The first-order valence-corrected chi connectivity index (χ1v) is 10.3. The highest BCUT2D eigenvalue weighted by atomic mass is 32.2. The van der Waals surface area contributed by atoms with Gasteiger partial charge >= 0.3 is 0 Å². The summed E-state index contributed by atoms with van der Waals surface area (Å²) in [6.07, 6.45) is 10.3. The molecule has 0 radical (unpaired) electrons. The van der Waals surface area contributed by atoms with E-state index in [0.29, 0.717) is 11.6 Å². The minimum atomic E-state index is -3.22. The molecule has 0 heterocycles. The first kappa shape index (κ1) is 17.3. The van der Waals surface area contributed by atoms with Gasteiger partial charge in [0.05, 0.1) is 5.75 Å². The summed E-state index contributed by atoms with van der Waals surface area (Å²) in [6.45, 7) is 2.16. The van der Waals surface area contributed by atoms with Gasteiger partial charge in [0.15, 0.2) is 0 Å². The number of rotatable bonds is 8. The first-order chi connectivity index (χ1) is 10.6. The van der Waals surface area contributed by atoms with Crippen LogP contribution in [0, 0.1) is 5.92 Å². The fourth-order valence-electron chi connectivity index (χ4n) is 3.20. The summed E-state index contributed by atoms with van der Waals surface area (Å²) in [6, 6.07) is 7.81. The monoisotopic (exact) mass is 323 g/mol. The highest BCUT2D eigenvalue weighted by molar-refractivity contribution is 7.92. The van der Waals surface area contributed by atoms with Gasteiger partial charge < -0.3 is 0 Å². The van der Waals surface area contributed by atoms with Gasteiger partial charge in [-0.1, -0.05) is 57.6 Å². The zero-order chi connectivity index (χ0) is 15.8. The van der Waals surface area contributed by atoms with Gasteiger partial charge in [-0.3, -0.25) is 4.72 Å². The van der Waals surface area contributed by atoms with Crippen molar-refractivity contribution in [3.8, 4) is 0 Å². The summed E-state index contributed by atoms with van der Waals surface area (Å²) in [7, 11) is -3.22. The highest BCUT2D eigenvalue weighted by Crippen LogP contribution is 2.26. The van der Waals surface area contributed by atoms with Gasteiger partial charge in [0.2, 0.25) is 10.0 Å². The van der Waals surface area contributed by atoms with E-state index in [1.807, 2.05) is 18.2 Å². The Morgan fingerprint density at radius 2 is 1.95 bits per heavy atom. The molecule has 2 rings (SSSR count). The first-order valence-electron chi connectivity index (χ1n) is 8.68. The smallest absolute Gasteiger partial charge is 0.232 e. The Morgan fingerprint density at radius 1 is 1.18 bits per heavy atom. The Labute approximate surface area is 135 Å². The molecule has 3 nitrogen and oxygen atoms in total. The van der Waals surface area contributed by atoms with Crippen molar-refractivity contribution in [3.05, 3.63) is 29.8 Å². The third kappa shape index (κ3) is 5.99.